The molecule has 5 rings (SSSR count). The number of aromatic nitrogens is 1. The number of aromatic carboxylic acids is 1. The van der Waals surface area contributed by atoms with E-state index in [1.54, 1.807) is 12.1 Å². The van der Waals surface area contributed by atoms with Crippen molar-refractivity contribution in [2.75, 3.05) is 0 Å². The summed E-state index contributed by atoms with van der Waals surface area (Å²) in [5, 5.41) is 33.2. The first-order chi connectivity index (χ1) is 15.3. The topological polar surface area (TPSA) is 112 Å². The highest BCUT2D eigenvalue weighted by Gasteiger charge is 2.24. The molecule has 1 aliphatic rings. The Hall–Kier alpha value is -4.17. The highest BCUT2D eigenvalue weighted by Crippen LogP contribution is 2.39. The number of carboxylic acids is 1. The average molecular weight is 432 g/mol. The number of hydrogen-bond donors (Lipinski definition) is 4. The summed E-state index contributed by atoms with van der Waals surface area (Å²) >= 11 is 0. The van der Waals surface area contributed by atoms with Gasteiger partial charge in [-0.2, -0.15) is 0 Å². The van der Waals surface area contributed by atoms with Crippen molar-refractivity contribution in [3.63, 3.8) is 0 Å². The van der Waals surface area contributed by atoms with E-state index in [2.05, 4.69) is 5.32 Å². The average Bonchev–Trinajstić information content (AvgIpc) is 3.23. The van der Waals surface area contributed by atoms with Crippen molar-refractivity contribution in [2.45, 2.75) is 13.1 Å². The molecule has 0 atom stereocenters. The summed E-state index contributed by atoms with van der Waals surface area (Å²) < 4.78 is 16.5. The first-order valence-electron chi connectivity index (χ1n) is 9.81. The van der Waals surface area contributed by atoms with Gasteiger partial charge in [-0.05, 0) is 53.1 Å². The van der Waals surface area contributed by atoms with Gasteiger partial charge in [0.25, 0.3) is 0 Å². The van der Waals surface area contributed by atoms with E-state index in [9.17, 15) is 24.9 Å². The van der Waals surface area contributed by atoms with E-state index >= 15 is 4.39 Å². The fourth-order valence-electron chi connectivity index (χ4n) is 4.13. The number of phenolic OH excluding ortho intramolecular Hbond substituents is 2. The number of benzene rings is 3. The first-order valence-corrected chi connectivity index (χ1v) is 9.81. The van der Waals surface area contributed by atoms with E-state index in [1.807, 2.05) is 6.07 Å². The Kier molecular flexibility index (Phi) is 4.45. The summed E-state index contributed by atoms with van der Waals surface area (Å²) in [5.74, 6) is -2.80. The molecule has 7 nitrogen and oxygen atoms in total. The molecule has 4 aromatic rings. The van der Waals surface area contributed by atoms with Crippen molar-refractivity contribution >= 4 is 16.9 Å². The molecule has 0 fully saturated rings. The number of halogens is 1. The Morgan fingerprint density at radius 3 is 2.44 bits per heavy atom. The van der Waals surface area contributed by atoms with Crippen molar-refractivity contribution < 1.29 is 24.5 Å². The van der Waals surface area contributed by atoms with Gasteiger partial charge in [0.1, 0.15) is 17.1 Å². The zero-order chi connectivity index (χ0) is 22.6. The molecular weight excluding hydrogens is 415 g/mol. The minimum atomic E-state index is -1.47. The molecule has 0 saturated heterocycles. The highest BCUT2D eigenvalue weighted by molar-refractivity contribution is 5.98. The standard InChI is InChI=1S/C24H17FN2O5/c25-19-8-17-21(23(30)20(19)12-1-2-13-9-26-10-14(13)7-12)27(11-18(22(17)29)24(31)32)15-3-5-16(28)6-4-15/h1-8,11,26,28,30H,9-10H2,(H,31,32). The number of hydrogen-bond acceptors (Lipinski definition) is 5. The quantitative estimate of drug-likeness (QED) is 0.394. The smallest absolute Gasteiger partial charge is 0.341 e. The number of nitrogens with zero attached hydrogens (tertiary/aromatic N) is 1. The second-order valence-electron chi connectivity index (χ2n) is 7.63. The van der Waals surface area contributed by atoms with Crippen molar-refractivity contribution in [1.82, 2.24) is 9.88 Å². The molecule has 2 heterocycles. The largest absolute Gasteiger partial charge is 0.508 e. The fraction of sp³-hybridized carbons (Fsp3) is 0.0833. The monoisotopic (exact) mass is 432 g/mol. The third-order valence-corrected chi connectivity index (χ3v) is 5.70. The minimum Gasteiger partial charge on any atom is -0.508 e. The molecule has 1 aromatic heterocycles. The van der Waals surface area contributed by atoms with Gasteiger partial charge in [0.15, 0.2) is 5.75 Å². The number of nitrogens with one attached hydrogen (secondary N) is 1. The Labute approximate surface area is 180 Å². The van der Waals surface area contributed by atoms with Crippen LogP contribution in [0.4, 0.5) is 4.39 Å². The van der Waals surface area contributed by atoms with Crippen molar-refractivity contribution in [3.8, 4) is 28.3 Å². The van der Waals surface area contributed by atoms with E-state index in [4.69, 9.17) is 0 Å². The van der Waals surface area contributed by atoms with Gasteiger partial charge in [-0.15, -0.1) is 0 Å². The van der Waals surface area contributed by atoms with E-state index in [-0.39, 0.29) is 22.2 Å². The van der Waals surface area contributed by atoms with Crippen molar-refractivity contribution in [3.05, 3.63) is 87.5 Å². The maximum absolute atomic E-state index is 15.2. The van der Waals surface area contributed by atoms with Gasteiger partial charge in [-0.1, -0.05) is 12.1 Å². The van der Waals surface area contributed by atoms with E-state index in [0.29, 0.717) is 24.3 Å². The Morgan fingerprint density at radius 2 is 1.72 bits per heavy atom. The number of carbonyl (C=O) groups is 1. The normalized spacial score (nSPS) is 12.8. The number of pyridine rings is 1. The molecule has 0 aliphatic carbocycles. The molecular formula is C24H17FN2O5. The highest BCUT2D eigenvalue weighted by atomic mass is 19.1. The molecule has 0 bridgehead atoms. The van der Waals surface area contributed by atoms with Crippen LogP contribution in [0.3, 0.4) is 0 Å². The molecule has 0 saturated carbocycles. The van der Waals surface area contributed by atoms with E-state index in [1.165, 1.54) is 28.8 Å². The van der Waals surface area contributed by atoms with Gasteiger partial charge >= 0.3 is 5.97 Å². The van der Waals surface area contributed by atoms with Gasteiger partial charge in [0, 0.05) is 25.0 Å². The maximum atomic E-state index is 15.2. The number of fused-ring (bicyclic) bond motifs is 2. The first kappa shape index (κ1) is 19.8. The van der Waals surface area contributed by atoms with Gasteiger partial charge in [0.05, 0.1) is 16.5 Å². The Bertz CT molecular complexity index is 1480. The SMILES string of the molecule is O=C(O)c1cn(-c2ccc(O)cc2)c2c(O)c(-c3ccc4c(c3)CNC4)c(F)cc2c1=O. The van der Waals surface area contributed by atoms with Gasteiger partial charge < -0.3 is 25.2 Å². The fourth-order valence-corrected chi connectivity index (χ4v) is 4.13. The third-order valence-electron chi connectivity index (χ3n) is 5.70. The molecule has 3 aromatic carbocycles. The lowest BCUT2D eigenvalue weighted by atomic mass is 9.97. The van der Waals surface area contributed by atoms with Crippen LogP contribution in [0.2, 0.25) is 0 Å². The maximum Gasteiger partial charge on any atom is 0.341 e. The summed E-state index contributed by atoms with van der Waals surface area (Å²) in [6, 6.07) is 12.1. The number of phenols is 2. The zero-order valence-corrected chi connectivity index (χ0v) is 16.6. The molecule has 4 N–H and O–H groups in total. The summed E-state index contributed by atoms with van der Waals surface area (Å²) in [5.41, 5.74) is 1.31. The van der Waals surface area contributed by atoms with Crippen LogP contribution in [0.5, 0.6) is 11.5 Å². The molecule has 160 valence electrons. The van der Waals surface area contributed by atoms with Gasteiger partial charge in [0.2, 0.25) is 5.43 Å². The second kappa shape index (κ2) is 7.21. The van der Waals surface area contributed by atoms with Crippen LogP contribution in [0.1, 0.15) is 21.5 Å². The number of carboxylic acid groups (broad SMARTS) is 1. The second-order valence-corrected chi connectivity index (χ2v) is 7.63. The van der Waals surface area contributed by atoms with Crippen LogP contribution in [0, 0.1) is 5.82 Å². The molecule has 32 heavy (non-hydrogen) atoms. The lowest BCUT2D eigenvalue weighted by Crippen LogP contribution is -2.19. The number of aromatic hydroxyl groups is 2. The third kappa shape index (κ3) is 3.00. The molecule has 8 heteroatoms. The van der Waals surface area contributed by atoms with Crippen LogP contribution in [0.25, 0.3) is 27.7 Å². The van der Waals surface area contributed by atoms with Crippen LogP contribution >= 0.6 is 0 Å². The summed E-state index contributed by atoms with van der Waals surface area (Å²) in [4.78, 5) is 24.4. The molecule has 0 amide bonds. The summed E-state index contributed by atoms with van der Waals surface area (Å²) in [7, 11) is 0. The Balaban J connectivity index is 1.87. The molecule has 0 spiro atoms. The van der Waals surface area contributed by atoms with Crippen LogP contribution < -0.4 is 10.7 Å². The van der Waals surface area contributed by atoms with Gasteiger partial charge in [-0.25, -0.2) is 9.18 Å². The zero-order valence-electron chi connectivity index (χ0n) is 16.6. The molecule has 0 unspecified atom stereocenters. The summed E-state index contributed by atoms with van der Waals surface area (Å²) in [6.45, 7) is 1.33. The van der Waals surface area contributed by atoms with Crippen LogP contribution in [-0.2, 0) is 13.1 Å². The summed E-state index contributed by atoms with van der Waals surface area (Å²) in [6.07, 6.45) is 1.09. The van der Waals surface area contributed by atoms with Crippen molar-refractivity contribution in [1.29, 1.82) is 0 Å². The number of rotatable bonds is 3. The predicted molar refractivity (Wildman–Crippen MR) is 116 cm³/mol. The van der Waals surface area contributed by atoms with Crippen LogP contribution in [-0.4, -0.2) is 25.9 Å². The van der Waals surface area contributed by atoms with Gasteiger partial charge in [-0.3, -0.25) is 4.79 Å². The lowest BCUT2D eigenvalue weighted by Gasteiger charge is -2.17. The lowest BCUT2D eigenvalue weighted by molar-refractivity contribution is 0.0695. The van der Waals surface area contributed by atoms with Crippen molar-refractivity contribution in [2.24, 2.45) is 0 Å². The van der Waals surface area contributed by atoms with Crippen LogP contribution in [0.15, 0.2) is 59.5 Å². The van der Waals surface area contributed by atoms with E-state index in [0.717, 1.165) is 23.4 Å². The molecule has 1 aliphatic heterocycles. The minimum absolute atomic E-state index is 0.0136. The predicted octanol–water partition coefficient (Wildman–Crippen LogP) is 3.51. The Morgan fingerprint density at radius 1 is 1.00 bits per heavy atom. The molecule has 0 radical (unpaired) electrons. The van der Waals surface area contributed by atoms with E-state index < -0.39 is 28.5 Å².